The number of carboxylic acids is 1. The molecule has 5 rings (SSSR count). The summed E-state index contributed by atoms with van der Waals surface area (Å²) >= 11 is 0. The molecule has 1 aromatic heterocycles. The molecule has 0 N–H and O–H groups in total. The lowest BCUT2D eigenvalue weighted by molar-refractivity contribution is -0.776. The summed E-state index contributed by atoms with van der Waals surface area (Å²) in [4.78, 5) is 11.6. The second-order valence-corrected chi connectivity index (χ2v) is 14.0. The van der Waals surface area contributed by atoms with Gasteiger partial charge in [-0.25, -0.2) is 0 Å². The molecule has 0 spiro atoms. The van der Waals surface area contributed by atoms with Gasteiger partial charge in [-0.1, -0.05) is 104 Å². The van der Waals surface area contributed by atoms with E-state index in [2.05, 4.69) is 47.8 Å². The lowest BCUT2D eigenvalue weighted by Gasteiger charge is -2.53. The van der Waals surface area contributed by atoms with Crippen LogP contribution in [-0.4, -0.2) is 19.1 Å². The molecule has 0 aliphatic heterocycles. The Kier molecular flexibility index (Phi) is 15.6. The molecule has 0 saturated heterocycles. The Hall–Kier alpha value is -1.58. The molecule has 41 heavy (non-hydrogen) atoms. The van der Waals surface area contributed by atoms with Crippen molar-refractivity contribution >= 4 is 11.7 Å². The Labute approximate surface area is 253 Å². The minimum absolute atomic E-state index is 0.452. The quantitative estimate of drug-likeness (QED) is 0.117. The molecule has 1 aromatic rings. The van der Waals surface area contributed by atoms with E-state index in [-0.39, 0.29) is 0 Å². The van der Waals surface area contributed by atoms with Crippen molar-refractivity contribution in [3.8, 4) is 0 Å². The summed E-state index contributed by atoms with van der Waals surface area (Å²) in [6.45, 7) is 8.09. The van der Waals surface area contributed by atoms with E-state index in [0.29, 0.717) is 5.54 Å². The first kappa shape index (κ1) is 33.9. The highest BCUT2D eigenvalue weighted by Crippen LogP contribution is 2.56. The lowest BCUT2D eigenvalue weighted by atomic mass is 9.53. The number of carbonyl (C=O) groups excluding carboxylic acids is 1. The molecule has 4 saturated carbocycles. The topological polar surface area (TPSA) is 47.2 Å². The highest BCUT2D eigenvalue weighted by molar-refractivity contribution is 5.60. The van der Waals surface area contributed by atoms with Gasteiger partial charge >= 0.3 is 0 Å². The van der Waals surface area contributed by atoms with Gasteiger partial charge in [-0.2, -0.15) is 4.57 Å². The zero-order valence-electron chi connectivity index (χ0n) is 27.2. The maximum Gasteiger partial charge on any atom is 0.171 e. The molecule has 0 radical (unpaired) electrons. The van der Waals surface area contributed by atoms with E-state index in [0.717, 1.165) is 24.7 Å². The van der Waals surface area contributed by atoms with Crippen molar-refractivity contribution in [1.29, 1.82) is 0 Å². The fourth-order valence-corrected chi connectivity index (χ4v) is 8.57. The average Bonchev–Trinajstić information content (AvgIpc) is 2.94. The molecule has 0 aromatic carbocycles. The summed E-state index contributed by atoms with van der Waals surface area (Å²) in [5, 5.41) is 8.89. The maximum atomic E-state index is 8.89. The zero-order valence-corrected chi connectivity index (χ0v) is 27.2. The summed E-state index contributed by atoms with van der Waals surface area (Å²) in [7, 11) is 0. The Morgan fingerprint density at radius 2 is 1.05 bits per heavy atom. The number of unbranched alkanes of at least 4 members (excludes halogenated alkanes) is 14. The van der Waals surface area contributed by atoms with Crippen LogP contribution in [0.15, 0.2) is 24.5 Å². The molecular weight excluding hydrogens is 504 g/mol. The van der Waals surface area contributed by atoms with Crippen LogP contribution in [0.1, 0.15) is 162 Å². The van der Waals surface area contributed by atoms with Gasteiger partial charge in [0.1, 0.15) is 0 Å². The molecule has 4 bridgehead atoms. The van der Waals surface area contributed by atoms with Gasteiger partial charge in [0.25, 0.3) is 0 Å². The number of hydrogen-bond donors (Lipinski definition) is 0. The van der Waals surface area contributed by atoms with Crippen LogP contribution in [0.2, 0.25) is 0 Å². The third-order valence-corrected chi connectivity index (χ3v) is 10.3. The number of nitrogens with zero attached hydrogens (tertiary/aromatic N) is 2. The van der Waals surface area contributed by atoms with E-state index in [1.165, 1.54) is 160 Å². The SMILES string of the molecule is CC(=O)[O-].CCCCCCCCCCN(CCCCCCCCCC)c1cc[n+](C23CC4CC(CC(C4)C2)C3)cc1. The van der Waals surface area contributed by atoms with Crippen molar-refractivity contribution in [3.05, 3.63) is 24.5 Å². The monoisotopic (exact) mass is 568 g/mol. The fraction of sp³-hybridized carbons (Fsp3) is 0.838. The third-order valence-electron chi connectivity index (χ3n) is 10.3. The van der Waals surface area contributed by atoms with E-state index in [9.17, 15) is 0 Å². The summed E-state index contributed by atoms with van der Waals surface area (Å²) in [6.07, 6.45) is 36.5. The van der Waals surface area contributed by atoms with Crippen LogP contribution in [0.25, 0.3) is 0 Å². The number of rotatable bonds is 20. The number of aliphatic carboxylic acids is 1. The van der Waals surface area contributed by atoms with Gasteiger partial charge in [-0.05, 0) is 56.8 Å². The molecular formula is C37H64N2O2. The summed E-state index contributed by atoms with van der Waals surface area (Å²) in [6, 6.07) is 4.96. The van der Waals surface area contributed by atoms with E-state index < -0.39 is 5.97 Å². The molecule has 4 aliphatic rings. The van der Waals surface area contributed by atoms with Gasteiger partial charge in [0.15, 0.2) is 17.9 Å². The van der Waals surface area contributed by atoms with Crippen LogP contribution in [-0.2, 0) is 10.3 Å². The van der Waals surface area contributed by atoms with Crippen LogP contribution in [0.5, 0.6) is 0 Å². The van der Waals surface area contributed by atoms with Gasteiger partial charge in [0.05, 0.1) is 0 Å². The first-order valence-corrected chi connectivity index (χ1v) is 17.9. The average molecular weight is 569 g/mol. The second-order valence-electron chi connectivity index (χ2n) is 14.0. The van der Waals surface area contributed by atoms with Gasteiger partial charge in [-0.15, -0.1) is 0 Å². The number of carbonyl (C=O) groups is 1. The number of aromatic nitrogens is 1. The summed E-state index contributed by atoms with van der Waals surface area (Å²) < 4.78 is 2.67. The predicted octanol–water partition coefficient (Wildman–Crippen LogP) is 8.74. The Morgan fingerprint density at radius 1 is 0.707 bits per heavy atom. The summed E-state index contributed by atoms with van der Waals surface area (Å²) in [5.41, 5.74) is 1.93. The van der Waals surface area contributed by atoms with E-state index >= 15 is 0 Å². The molecule has 4 aliphatic carbocycles. The molecule has 234 valence electrons. The highest BCUT2D eigenvalue weighted by Gasteiger charge is 2.56. The molecule has 0 unspecified atom stereocenters. The van der Waals surface area contributed by atoms with Crippen molar-refractivity contribution < 1.29 is 14.5 Å². The Bertz CT molecular complexity index is 777. The van der Waals surface area contributed by atoms with E-state index in [1.807, 2.05) is 0 Å². The van der Waals surface area contributed by atoms with Gasteiger partial charge < -0.3 is 14.8 Å². The predicted molar refractivity (Wildman–Crippen MR) is 171 cm³/mol. The molecule has 0 atom stereocenters. The van der Waals surface area contributed by atoms with Crippen molar-refractivity contribution in [2.24, 2.45) is 17.8 Å². The van der Waals surface area contributed by atoms with E-state index in [1.54, 1.807) is 0 Å². The molecule has 4 nitrogen and oxygen atoms in total. The standard InChI is InChI=1S/C35H61N2.C2H4O2/c1-3-5-7-9-11-13-15-17-21-36(22-18-16-14-12-10-8-6-4-2)34-19-23-37(24-20-34)35-28-31-25-32(29-35)27-33(26-31)30-35;1-2(3)4/h19-20,23-24,31-33H,3-18,21-22,25-30H2,1-2H3;1H3,(H,3,4)/q+1;/p-1. The molecule has 1 heterocycles. The van der Waals surface area contributed by atoms with Gasteiger partial charge in [0.2, 0.25) is 0 Å². The van der Waals surface area contributed by atoms with Gasteiger partial charge in [0, 0.05) is 56.1 Å². The fourth-order valence-electron chi connectivity index (χ4n) is 8.57. The van der Waals surface area contributed by atoms with Crippen LogP contribution >= 0.6 is 0 Å². The van der Waals surface area contributed by atoms with Crippen LogP contribution in [0.4, 0.5) is 5.69 Å². The largest absolute Gasteiger partial charge is 0.550 e. The van der Waals surface area contributed by atoms with Crippen LogP contribution in [0.3, 0.4) is 0 Å². The lowest BCUT2D eigenvalue weighted by Crippen LogP contribution is -2.64. The van der Waals surface area contributed by atoms with Crippen LogP contribution in [0, 0.1) is 17.8 Å². The molecule has 0 amide bonds. The number of hydrogen-bond acceptors (Lipinski definition) is 3. The first-order chi connectivity index (χ1) is 20.0. The first-order valence-electron chi connectivity index (χ1n) is 17.9. The van der Waals surface area contributed by atoms with E-state index in [4.69, 9.17) is 9.90 Å². The highest BCUT2D eigenvalue weighted by atomic mass is 16.4. The maximum absolute atomic E-state index is 8.89. The Morgan fingerprint density at radius 3 is 1.41 bits per heavy atom. The second kappa shape index (κ2) is 18.9. The van der Waals surface area contributed by atoms with Crippen molar-refractivity contribution in [2.75, 3.05) is 18.0 Å². The number of anilines is 1. The number of pyridine rings is 1. The molecule has 4 fully saturated rings. The summed E-state index contributed by atoms with van der Waals surface area (Å²) in [5.74, 6) is 1.96. The number of carboxylic acid groups (broad SMARTS) is 1. The third kappa shape index (κ3) is 11.9. The van der Waals surface area contributed by atoms with Crippen molar-refractivity contribution in [2.45, 2.75) is 168 Å². The Balaban J connectivity index is 0.00000108. The molecule has 4 heteroatoms. The van der Waals surface area contributed by atoms with Crippen LogP contribution < -0.4 is 14.6 Å². The minimum atomic E-state index is -1.08. The zero-order chi connectivity index (χ0) is 29.3. The van der Waals surface area contributed by atoms with Crippen molar-refractivity contribution in [3.63, 3.8) is 0 Å². The van der Waals surface area contributed by atoms with Gasteiger partial charge in [-0.3, -0.25) is 0 Å². The minimum Gasteiger partial charge on any atom is -0.550 e. The smallest absolute Gasteiger partial charge is 0.171 e. The van der Waals surface area contributed by atoms with Crippen molar-refractivity contribution in [1.82, 2.24) is 0 Å². The normalized spacial score (nSPS) is 24.2.